The standard InChI is InChI=1S/C23H16Cl3N3O2S2/c1-2-31-18-8-7-12(9-15(18)25)21(30)29-23(32)28-20-14(10-13(24)11-16(20)26)22-27-17-5-3-4-6-19(17)33-22/h3-11H,2H2,1H3,(H2,28,29,30,32). The summed E-state index contributed by atoms with van der Waals surface area (Å²) in [6.45, 7) is 2.32. The summed E-state index contributed by atoms with van der Waals surface area (Å²) in [6.07, 6.45) is 0. The number of amides is 1. The predicted octanol–water partition coefficient (Wildman–Crippen LogP) is 7.45. The molecule has 1 heterocycles. The first kappa shape index (κ1) is 23.7. The number of ether oxygens (including phenoxy) is 1. The quantitative estimate of drug-likeness (QED) is 0.259. The number of hydrogen-bond acceptors (Lipinski definition) is 5. The molecular formula is C23H16Cl3N3O2S2. The number of halogens is 3. The van der Waals surface area contributed by atoms with Gasteiger partial charge in [-0.05, 0) is 61.6 Å². The van der Waals surface area contributed by atoms with Crippen LogP contribution in [0.5, 0.6) is 5.75 Å². The highest BCUT2D eigenvalue weighted by Gasteiger charge is 2.18. The molecule has 0 atom stereocenters. The Kier molecular flexibility index (Phi) is 7.36. The lowest BCUT2D eigenvalue weighted by Gasteiger charge is -2.15. The molecule has 0 radical (unpaired) electrons. The van der Waals surface area contributed by atoms with Gasteiger partial charge in [-0.15, -0.1) is 11.3 Å². The number of rotatable bonds is 5. The monoisotopic (exact) mass is 535 g/mol. The zero-order valence-electron chi connectivity index (χ0n) is 17.1. The summed E-state index contributed by atoms with van der Waals surface area (Å²) in [5.74, 6) is 0.0777. The molecule has 4 rings (SSSR count). The lowest BCUT2D eigenvalue weighted by molar-refractivity contribution is 0.0977. The SMILES string of the molecule is CCOc1ccc(C(=O)NC(=S)Nc2c(Cl)cc(Cl)cc2-c2nc3ccccc3s2)cc1Cl. The molecule has 1 aromatic heterocycles. The van der Waals surface area contributed by atoms with Gasteiger partial charge in [-0.3, -0.25) is 10.1 Å². The maximum absolute atomic E-state index is 12.7. The number of fused-ring (bicyclic) bond motifs is 1. The van der Waals surface area contributed by atoms with Crippen LogP contribution in [0.15, 0.2) is 54.6 Å². The van der Waals surface area contributed by atoms with Crippen molar-refractivity contribution in [2.45, 2.75) is 6.92 Å². The van der Waals surface area contributed by atoms with Gasteiger partial charge in [-0.2, -0.15) is 0 Å². The minimum atomic E-state index is -0.427. The Hall–Kier alpha value is -2.42. The maximum atomic E-state index is 12.7. The van der Waals surface area contributed by atoms with Gasteiger partial charge in [0.15, 0.2) is 5.11 Å². The van der Waals surface area contributed by atoms with Crippen molar-refractivity contribution in [1.29, 1.82) is 0 Å². The summed E-state index contributed by atoms with van der Waals surface area (Å²) in [4.78, 5) is 17.4. The summed E-state index contributed by atoms with van der Waals surface area (Å²) < 4.78 is 6.42. The van der Waals surface area contributed by atoms with E-state index in [9.17, 15) is 4.79 Å². The molecule has 0 saturated heterocycles. The average molecular weight is 537 g/mol. The van der Waals surface area contributed by atoms with Gasteiger partial charge in [0.2, 0.25) is 0 Å². The third kappa shape index (κ3) is 5.39. The number of thiocarbonyl (C=S) groups is 1. The van der Waals surface area contributed by atoms with Crippen molar-refractivity contribution in [3.05, 3.63) is 75.2 Å². The number of anilines is 1. The molecule has 33 heavy (non-hydrogen) atoms. The van der Waals surface area contributed by atoms with E-state index in [1.807, 2.05) is 31.2 Å². The fourth-order valence-corrected chi connectivity index (χ4v) is 5.05. The highest BCUT2D eigenvalue weighted by atomic mass is 35.5. The van der Waals surface area contributed by atoms with Crippen LogP contribution in [0.1, 0.15) is 17.3 Å². The molecule has 0 aliphatic heterocycles. The predicted molar refractivity (Wildman–Crippen MR) is 141 cm³/mol. The third-order valence-electron chi connectivity index (χ3n) is 4.54. The highest BCUT2D eigenvalue weighted by molar-refractivity contribution is 7.80. The van der Waals surface area contributed by atoms with E-state index in [2.05, 4.69) is 15.6 Å². The molecule has 168 valence electrons. The highest BCUT2D eigenvalue weighted by Crippen LogP contribution is 2.40. The second-order valence-electron chi connectivity index (χ2n) is 6.78. The van der Waals surface area contributed by atoms with E-state index in [0.29, 0.717) is 44.2 Å². The molecular weight excluding hydrogens is 521 g/mol. The van der Waals surface area contributed by atoms with Crippen LogP contribution in [-0.4, -0.2) is 22.6 Å². The number of para-hydroxylation sites is 1. The van der Waals surface area contributed by atoms with Gasteiger partial charge in [0, 0.05) is 16.1 Å². The van der Waals surface area contributed by atoms with Gasteiger partial charge >= 0.3 is 0 Å². The van der Waals surface area contributed by atoms with Crippen LogP contribution in [0.25, 0.3) is 20.8 Å². The van der Waals surface area contributed by atoms with Crippen LogP contribution in [0.4, 0.5) is 5.69 Å². The lowest BCUT2D eigenvalue weighted by Crippen LogP contribution is -2.34. The van der Waals surface area contributed by atoms with Crippen molar-refractivity contribution in [1.82, 2.24) is 10.3 Å². The normalized spacial score (nSPS) is 10.8. The topological polar surface area (TPSA) is 63.2 Å². The Morgan fingerprint density at radius 2 is 1.88 bits per heavy atom. The molecule has 2 N–H and O–H groups in total. The van der Waals surface area contributed by atoms with Gasteiger partial charge in [0.05, 0.1) is 32.6 Å². The first-order valence-corrected chi connectivity index (χ1v) is 12.1. The Balaban J connectivity index is 1.58. The number of benzene rings is 3. The summed E-state index contributed by atoms with van der Waals surface area (Å²) >= 11 is 25.8. The first-order valence-electron chi connectivity index (χ1n) is 9.75. The minimum absolute atomic E-state index is 0.0663. The molecule has 5 nitrogen and oxygen atoms in total. The smallest absolute Gasteiger partial charge is 0.257 e. The van der Waals surface area contributed by atoms with Gasteiger partial charge in [-0.1, -0.05) is 46.9 Å². The van der Waals surface area contributed by atoms with Gasteiger partial charge in [0.1, 0.15) is 10.8 Å². The van der Waals surface area contributed by atoms with Crippen molar-refractivity contribution in [2.24, 2.45) is 0 Å². The first-order chi connectivity index (χ1) is 15.9. The summed E-state index contributed by atoms with van der Waals surface area (Å²) in [6, 6.07) is 15.9. The van der Waals surface area contributed by atoms with Crippen LogP contribution in [0.2, 0.25) is 15.1 Å². The molecule has 0 fully saturated rings. The number of thiazole rings is 1. The van der Waals surface area contributed by atoms with Crippen molar-refractivity contribution < 1.29 is 9.53 Å². The largest absolute Gasteiger partial charge is 0.492 e. The molecule has 0 unspecified atom stereocenters. The zero-order valence-corrected chi connectivity index (χ0v) is 21.0. The molecule has 0 bridgehead atoms. The second kappa shape index (κ2) is 10.2. The number of carbonyl (C=O) groups excluding carboxylic acids is 1. The number of hydrogen-bond donors (Lipinski definition) is 2. The van der Waals surface area contributed by atoms with E-state index in [-0.39, 0.29) is 5.11 Å². The van der Waals surface area contributed by atoms with Gasteiger partial charge in [-0.25, -0.2) is 4.98 Å². The lowest BCUT2D eigenvalue weighted by atomic mass is 10.2. The van der Waals surface area contributed by atoms with E-state index < -0.39 is 5.91 Å². The summed E-state index contributed by atoms with van der Waals surface area (Å²) in [5.41, 5.74) is 2.37. The number of nitrogens with zero attached hydrogens (tertiary/aromatic N) is 1. The van der Waals surface area contributed by atoms with Crippen molar-refractivity contribution in [3.8, 4) is 16.3 Å². The van der Waals surface area contributed by atoms with Crippen molar-refractivity contribution >= 4 is 85.3 Å². The third-order valence-corrected chi connectivity index (χ3v) is 6.62. The van der Waals surface area contributed by atoms with Crippen LogP contribution in [0, 0.1) is 0 Å². The van der Waals surface area contributed by atoms with Crippen molar-refractivity contribution in [3.63, 3.8) is 0 Å². The molecule has 10 heteroatoms. The Morgan fingerprint density at radius 3 is 2.61 bits per heavy atom. The van der Waals surface area contributed by atoms with E-state index >= 15 is 0 Å². The fourth-order valence-electron chi connectivity index (χ4n) is 3.09. The molecule has 0 aliphatic carbocycles. The van der Waals surface area contributed by atoms with E-state index in [1.54, 1.807) is 24.3 Å². The minimum Gasteiger partial charge on any atom is -0.492 e. The Morgan fingerprint density at radius 1 is 1.09 bits per heavy atom. The summed E-state index contributed by atoms with van der Waals surface area (Å²) in [7, 11) is 0. The Bertz CT molecular complexity index is 1340. The summed E-state index contributed by atoms with van der Waals surface area (Å²) in [5, 5.41) is 7.58. The van der Waals surface area contributed by atoms with Crippen molar-refractivity contribution in [2.75, 3.05) is 11.9 Å². The van der Waals surface area contributed by atoms with Crippen LogP contribution in [0.3, 0.4) is 0 Å². The molecule has 0 spiro atoms. The molecule has 4 aromatic rings. The Labute approximate surface area is 214 Å². The fraction of sp³-hybridized carbons (Fsp3) is 0.0870. The average Bonchev–Trinajstić information content (AvgIpc) is 3.21. The van der Waals surface area contributed by atoms with E-state index in [0.717, 1.165) is 15.2 Å². The molecule has 1 amide bonds. The van der Waals surface area contributed by atoms with E-state index in [1.165, 1.54) is 17.4 Å². The zero-order chi connectivity index (χ0) is 23.5. The molecule has 0 aliphatic rings. The van der Waals surface area contributed by atoms with Gasteiger partial charge in [0.25, 0.3) is 5.91 Å². The number of aromatic nitrogens is 1. The van der Waals surface area contributed by atoms with Crippen LogP contribution < -0.4 is 15.4 Å². The number of carbonyl (C=O) groups is 1. The molecule has 3 aromatic carbocycles. The van der Waals surface area contributed by atoms with Crippen LogP contribution in [-0.2, 0) is 0 Å². The van der Waals surface area contributed by atoms with E-state index in [4.69, 9.17) is 51.8 Å². The number of nitrogens with one attached hydrogen (secondary N) is 2. The maximum Gasteiger partial charge on any atom is 0.257 e. The second-order valence-corrected chi connectivity index (χ2v) is 9.47. The molecule has 0 saturated carbocycles. The van der Waals surface area contributed by atoms with Crippen LogP contribution >= 0.6 is 58.4 Å². The van der Waals surface area contributed by atoms with Gasteiger partial charge < -0.3 is 10.1 Å².